The lowest BCUT2D eigenvalue weighted by atomic mass is 10.0. The maximum atomic E-state index is 5.38. The van der Waals surface area contributed by atoms with Crippen molar-refractivity contribution in [3.63, 3.8) is 0 Å². The first-order valence-electron chi connectivity index (χ1n) is 5.75. The van der Waals surface area contributed by atoms with Crippen LogP contribution in [-0.4, -0.2) is 5.71 Å². The molecule has 1 unspecified atom stereocenters. The first-order valence-corrected chi connectivity index (χ1v) is 5.75. The monoisotopic (exact) mass is 226 g/mol. The van der Waals surface area contributed by atoms with Crippen LogP contribution in [-0.2, 0) is 0 Å². The number of furan rings is 1. The molecule has 0 aliphatic carbocycles. The third-order valence-electron chi connectivity index (χ3n) is 3.02. The van der Waals surface area contributed by atoms with E-state index in [4.69, 9.17) is 4.42 Å². The molecule has 1 aliphatic heterocycles. The van der Waals surface area contributed by atoms with Crippen molar-refractivity contribution < 1.29 is 4.42 Å². The zero-order chi connectivity index (χ0) is 11.7. The predicted octanol–water partition coefficient (Wildman–Crippen LogP) is 3.03. The molecule has 2 aromatic rings. The lowest BCUT2D eigenvalue weighted by Crippen LogP contribution is -2.08. The van der Waals surface area contributed by atoms with E-state index in [0.29, 0.717) is 0 Å². The number of aryl methyl sites for hydroxylation is 1. The molecule has 0 amide bonds. The van der Waals surface area contributed by atoms with Crippen LogP contribution in [0.3, 0.4) is 0 Å². The van der Waals surface area contributed by atoms with Crippen molar-refractivity contribution in [1.82, 2.24) is 5.43 Å². The van der Waals surface area contributed by atoms with E-state index in [2.05, 4.69) is 41.7 Å². The Bertz CT molecular complexity index is 526. The van der Waals surface area contributed by atoms with E-state index in [1.54, 1.807) is 6.26 Å². The van der Waals surface area contributed by atoms with Gasteiger partial charge in [0.25, 0.3) is 0 Å². The molecular weight excluding hydrogens is 212 g/mol. The van der Waals surface area contributed by atoms with Gasteiger partial charge in [0, 0.05) is 6.42 Å². The molecule has 1 atom stereocenters. The zero-order valence-corrected chi connectivity index (χ0v) is 9.68. The van der Waals surface area contributed by atoms with Crippen molar-refractivity contribution in [3.05, 3.63) is 59.5 Å². The van der Waals surface area contributed by atoms with Gasteiger partial charge in [-0.3, -0.25) is 5.43 Å². The van der Waals surface area contributed by atoms with Gasteiger partial charge in [-0.1, -0.05) is 29.8 Å². The summed E-state index contributed by atoms with van der Waals surface area (Å²) in [4.78, 5) is 0. The Balaban J connectivity index is 1.77. The molecule has 0 saturated heterocycles. The third kappa shape index (κ3) is 1.96. The van der Waals surface area contributed by atoms with E-state index in [1.807, 2.05) is 12.1 Å². The number of nitrogens with zero attached hydrogens (tertiary/aromatic N) is 1. The van der Waals surface area contributed by atoms with Crippen molar-refractivity contribution >= 4 is 5.71 Å². The SMILES string of the molecule is Cc1ccc(C2=NNC(c3ccco3)C2)cc1. The smallest absolute Gasteiger partial charge is 0.128 e. The van der Waals surface area contributed by atoms with Gasteiger partial charge in [0.2, 0.25) is 0 Å². The number of nitrogens with one attached hydrogen (secondary N) is 1. The van der Waals surface area contributed by atoms with Crippen molar-refractivity contribution in [2.75, 3.05) is 0 Å². The molecule has 17 heavy (non-hydrogen) atoms. The topological polar surface area (TPSA) is 37.5 Å². The summed E-state index contributed by atoms with van der Waals surface area (Å²) >= 11 is 0. The minimum atomic E-state index is 0.168. The highest BCUT2D eigenvalue weighted by Gasteiger charge is 2.22. The minimum absolute atomic E-state index is 0.168. The molecule has 3 rings (SSSR count). The van der Waals surface area contributed by atoms with Gasteiger partial charge in [0.15, 0.2) is 0 Å². The number of rotatable bonds is 2. The maximum Gasteiger partial charge on any atom is 0.128 e. The van der Waals surface area contributed by atoms with Crippen LogP contribution >= 0.6 is 0 Å². The van der Waals surface area contributed by atoms with Crippen LogP contribution in [0, 0.1) is 6.92 Å². The molecule has 1 aromatic heterocycles. The number of hydrogen-bond donors (Lipinski definition) is 1. The fourth-order valence-corrected chi connectivity index (χ4v) is 2.02. The fraction of sp³-hybridized carbons (Fsp3) is 0.214. The van der Waals surface area contributed by atoms with Crippen LogP contribution < -0.4 is 5.43 Å². The number of hydrazone groups is 1. The zero-order valence-electron chi connectivity index (χ0n) is 9.68. The van der Waals surface area contributed by atoms with Gasteiger partial charge in [-0.05, 0) is 24.6 Å². The summed E-state index contributed by atoms with van der Waals surface area (Å²) in [5, 5.41) is 4.38. The minimum Gasteiger partial charge on any atom is -0.467 e. The van der Waals surface area contributed by atoms with E-state index in [9.17, 15) is 0 Å². The lowest BCUT2D eigenvalue weighted by molar-refractivity contribution is 0.440. The second kappa shape index (κ2) is 4.09. The first kappa shape index (κ1) is 10.1. The second-order valence-electron chi connectivity index (χ2n) is 4.33. The summed E-state index contributed by atoms with van der Waals surface area (Å²) in [6, 6.07) is 12.5. The Morgan fingerprint density at radius 2 is 2.06 bits per heavy atom. The number of hydrogen-bond acceptors (Lipinski definition) is 3. The summed E-state index contributed by atoms with van der Waals surface area (Å²) in [5.74, 6) is 0.941. The summed E-state index contributed by atoms with van der Waals surface area (Å²) in [6.45, 7) is 2.09. The summed E-state index contributed by atoms with van der Waals surface area (Å²) in [6.07, 6.45) is 2.57. The summed E-state index contributed by atoms with van der Waals surface area (Å²) in [5.41, 5.74) is 6.65. The van der Waals surface area contributed by atoms with Gasteiger partial charge in [0.1, 0.15) is 11.8 Å². The Morgan fingerprint density at radius 1 is 1.24 bits per heavy atom. The molecule has 1 aliphatic rings. The van der Waals surface area contributed by atoms with Gasteiger partial charge < -0.3 is 4.42 Å². The lowest BCUT2D eigenvalue weighted by Gasteiger charge is -2.05. The molecule has 3 heteroatoms. The quantitative estimate of drug-likeness (QED) is 0.854. The van der Waals surface area contributed by atoms with Crippen molar-refractivity contribution in [2.45, 2.75) is 19.4 Å². The molecule has 1 N–H and O–H groups in total. The average Bonchev–Trinajstić information content (AvgIpc) is 3.00. The predicted molar refractivity (Wildman–Crippen MR) is 66.9 cm³/mol. The van der Waals surface area contributed by atoms with Gasteiger partial charge >= 0.3 is 0 Å². The normalized spacial score (nSPS) is 18.9. The molecule has 0 saturated carbocycles. The van der Waals surface area contributed by atoms with Crippen LogP contribution in [0.5, 0.6) is 0 Å². The van der Waals surface area contributed by atoms with E-state index in [0.717, 1.165) is 17.9 Å². The average molecular weight is 226 g/mol. The molecule has 0 fully saturated rings. The first-order chi connectivity index (χ1) is 8.33. The Kier molecular flexibility index (Phi) is 2.44. The van der Waals surface area contributed by atoms with Crippen LogP contribution in [0.25, 0.3) is 0 Å². The Labute approximate surface area is 100 Å². The van der Waals surface area contributed by atoms with Gasteiger partial charge in [0.05, 0.1) is 12.0 Å². The van der Waals surface area contributed by atoms with Gasteiger partial charge in [-0.2, -0.15) is 5.10 Å². The summed E-state index contributed by atoms with van der Waals surface area (Å²) in [7, 11) is 0. The molecular formula is C14H14N2O. The van der Waals surface area contributed by atoms with E-state index in [1.165, 1.54) is 11.1 Å². The number of benzene rings is 1. The Morgan fingerprint density at radius 3 is 2.76 bits per heavy atom. The summed E-state index contributed by atoms with van der Waals surface area (Å²) < 4.78 is 5.38. The van der Waals surface area contributed by atoms with Crippen LogP contribution in [0.15, 0.2) is 52.2 Å². The fourth-order valence-electron chi connectivity index (χ4n) is 2.02. The standard InChI is InChI=1S/C14H14N2O/c1-10-4-6-11(7-5-10)12-9-13(16-15-12)14-3-2-8-17-14/h2-8,13,16H,9H2,1H3. The van der Waals surface area contributed by atoms with Gasteiger partial charge in [-0.15, -0.1) is 0 Å². The van der Waals surface area contributed by atoms with Gasteiger partial charge in [-0.25, -0.2) is 0 Å². The molecule has 0 radical (unpaired) electrons. The largest absolute Gasteiger partial charge is 0.467 e. The molecule has 86 valence electrons. The van der Waals surface area contributed by atoms with Crippen molar-refractivity contribution in [1.29, 1.82) is 0 Å². The van der Waals surface area contributed by atoms with E-state index in [-0.39, 0.29) is 6.04 Å². The van der Waals surface area contributed by atoms with Crippen molar-refractivity contribution in [3.8, 4) is 0 Å². The highest BCUT2D eigenvalue weighted by Crippen LogP contribution is 2.24. The van der Waals surface area contributed by atoms with E-state index >= 15 is 0 Å². The highest BCUT2D eigenvalue weighted by molar-refractivity contribution is 6.01. The third-order valence-corrected chi connectivity index (χ3v) is 3.02. The van der Waals surface area contributed by atoms with Crippen LogP contribution in [0.1, 0.15) is 29.3 Å². The Hall–Kier alpha value is -2.03. The van der Waals surface area contributed by atoms with Crippen LogP contribution in [0.2, 0.25) is 0 Å². The molecule has 1 aromatic carbocycles. The maximum absolute atomic E-state index is 5.38. The van der Waals surface area contributed by atoms with Crippen molar-refractivity contribution in [2.24, 2.45) is 5.10 Å². The molecule has 3 nitrogen and oxygen atoms in total. The van der Waals surface area contributed by atoms with Crippen LogP contribution in [0.4, 0.5) is 0 Å². The highest BCUT2D eigenvalue weighted by atomic mass is 16.3. The molecule has 0 bridgehead atoms. The van der Waals surface area contributed by atoms with E-state index < -0.39 is 0 Å². The molecule has 2 heterocycles. The molecule has 0 spiro atoms. The second-order valence-corrected chi connectivity index (χ2v) is 4.33.